The van der Waals surface area contributed by atoms with Gasteiger partial charge in [-0.2, -0.15) is 0 Å². The Hall–Kier alpha value is -2.88. The standard InChI is InChI=1S/C32H40N2O2/c1-31(2,3)28-16-9-24(10-17-28)11-18-30(35)34-21-19-32(20-22-34)23-29(33-36-32)27-14-12-26(13-15-27)25-7-5-4-6-8-25/h9-18,25H,4-8,19-23H2,1-3H3. The van der Waals surface area contributed by atoms with Gasteiger partial charge in [-0.1, -0.05) is 93.7 Å². The number of piperidine rings is 1. The van der Waals surface area contributed by atoms with Gasteiger partial charge in [0.05, 0.1) is 5.71 Å². The highest BCUT2D eigenvalue weighted by atomic mass is 16.7. The lowest BCUT2D eigenvalue weighted by Crippen LogP contribution is -2.46. The second kappa shape index (κ2) is 10.2. The van der Waals surface area contributed by atoms with Crippen molar-refractivity contribution in [3.05, 3.63) is 76.9 Å². The number of likely N-dealkylation sites (tertiary alicyclic amines) is 1. The van der Waals surface area contributed by atoms with Gasteiger partial charge < -0.3 is 9.74 Å². The Bertz CT molecular complexity index is 1110. The van der Waals surface area contributed by atoms with Crippen LogP contribution in [-0.2, 0) is 15.0 Å². The van der Waals surface area contributed by atoms with Gasteiger partial charge in [0.15, 0.2) is 0 Å². The Balaban J connectivity index is 1.13. The summed E-state index contributed by atoms with van der Waals surface area (Å²) in [5.74, 6) is 0.793. The van der Waals surface area contributed by atoms with Crippen molar-refractivity contribution in [2.24, 2.45) is 5.16 Å². The van der Waals surface area contributed by atoms with Gasteiger partial charge in [0.25, 0.3) is 0 Å². The minimum atomic E-state index is -0.263. The maximum Gasteiger partial charge on any atom is 0.246 e. The van der Waals surface area contributed by atoms with E-state index < -0.39 is 0 Å². The molecular formula is C32H40N2O2. The van der Waals surface area contributed by atoms with Crippen molar-refractivity contribution in [1.29, 1.82) is 0 Å². The summed E-state index contributed by atoms with van der Waals surface area (Å²) in [6.07, 6.45) is 12.8. The SMILES string of the molecule is CC(C)(C)c1ccc(C=CC(=O)N2CCC3(CC2)CC(c2ccc(C4CCCCC4)cc2)=NO3)cc1. The molecule has 0 atom stereocenters. The van der Waals surface area contributed by atoms with E-state index in [2.05, 4.69) is 74.5 Å². The van der Waals surface area contributed by atoms with E-state index in [9.17, 15) is 4.79 Å². The summed E-state index contributed by atoms with van der Waals surface area (Å²) in [6, 6.07) is 17.5. The molecule has 2 heterocycles. The molecule has 0 radical (unpaired) electrons. The van der Waals surface area contributed by atoms with Crippen LogP contribution >= 0.6 is 0 Å². The normalized spacial score (nSPS) is 20.5. The van der Waals surface area contributed by atoms with Gasteiger partial charge in [-0.3, -0.25) is 4.79 Å². The molecule has 0 bridgehead atoms. The fourth-order valence-electron chi connectivity index (χ4n) is 5.83. The summed E-state index contributed by atoms with van der Waals surface area (Å²) < 4.78 is 0. The smallest absolute Gasteiger partial charge is 0.246 e. The summed E-state index contributed by atoms with van der Waals surface area (Å²) >= 11 is 0. The van der Waals surface area contributed by atoms with Crippen molar-refractivity contribution < 1.29 is 9.63 Å². The molecule has 1 spiro atoms. The minimum absolute atomic E-state index is 0.0715. The van der Waals surface area contributed by atoms with Crippen molar-refractivity contribution in [3.8, 4) is 0 Å². The Kier molecular flexibility index (Phi) is 7.05. The lowest BCUT2D eigenvalue weighted by molar-refractivity contribution is -0.131. The molecule has 5 rings (SSSR count). The number of oxime groups is 1. The first kappa shape index (κ1) is 24.8. The zero-order valence-electron chi connectivity index (χ0n) is 22.1. The second-order valence-corrected chi connectivity index (χ2v) is 12.0. The van der Waals surface area contributed by atoms with Crippen LogP contribution in [0.2, 0.25) is 0 Å². The Morgan fingerprint density at radius 2 is 1.64 bits per heavy atom. The molecule has 0 aromatic heterocycles. The van der Waals surface area contributed by atoms with Crippen LogP contribution in [0.3, 0.4) is 0 Å². The summed E-state index contributed by atoms with van der Waals surface area (Å²) in [4.78, 5) is 20.8. The molecule has 0 unspecified atom stereocenters. The number of nitrogens with zero attached hydrogens (tertiary/aromatic N) is 2. The summed E-state index contributed by atoms with van der Waals surface area (Å²) in [5, 5.41) is 4.49. The molecule has 2 aromatic rings. The van der Waals surface area contributed by atoms with Crippen molar-refractivity contribution in [2.75, 3.05) is 13.1 Å². The molecule has 4 heteroatoms. The van der Waals surface area contributed by atoms with E-state index in [0.29, 0.717) is 13.1 Å². The molecule has 190 valence electrons. The lowest BCUT2D eigenvalue weighted by Gasteiger charge is -2.36. The van der Waals surface area contributed by atoms with Crippen LogP contribution in [0.4, 0.5) is 0 Å². The van der Waals surface area contributed by atoms with Crippen molar-refractivity contribution in [1.82, 2.24) is 4.90 Å². The van der Waals surface area contributed by atoms with E-state index in [1.165, 1.54) is 48.8 Å². The first-order chi connectivity index (χ1) is 17.3. The van der Waals surface area contributed by atoms with E-state index in [-0.39, 0.29) is 16.9 Å². The number of carbonyl (C=O) groups is 1. The second-order valence-electron chi connectivity index (χ2n) is 12.0. The topological polar surface area (TPSA) is 41.9 Å². The van der Waals surface area contributed by atoms with Gasteiger partial charge >= 0.3 is 0 Å². The van der Waals surface area contributed by atoms with E-state index in [1.54, 1.807) is 6.08 Å². The van der Waals surface area contributed by atoms with Gasteiger partial charge in [0.1, 0.15) is 5.60 Å². The highest BCUT2D eigenvalue weighted by Gasteiger charge is 2.42. The highest BCUT2D eigenvalue weighted by molar-refractivity contribution is 6.01. The Morgan fingerprint density at radius 3 is 2.28 bits per heavy atom. The predicted octanol–water partition coefficient (Wildman–Crippen LogP) is 7.23. The fourth-order valence-corrected chi connectivity index (χ4v) is 5.83. The molecular weight excluding hydrogens is 444 g/mol. The Labute approximate surface area is 216 Å². The van der Waals surface area contributed by atoms with Crippen LogP contribution < -0.4 is 0 Å². The largest absolute Gasteiger partial charge is 0.388 e. The molecule has 36 heavy (non-hydrogen) atoms. The maximum absolute atomic E-state index is 12.8. The average molecular weight is 485 g/mol. The van der Waals surface area contributed by atoms with Gasteiger partial charge in [0, 0.05) is 38.4 Å². The maximum atomic E-state index is 12.8. The molecule has 0 N–H and O–H groups in total. The van der Waals surface area contributed by atoms with Gasteiger partial charge in [-0.15, -0.1) is 0 Å². The molecule has 1 saturated carbocycles. The third-order valence-electron chi connectivity index (χ3n) is 8.34. The summed E-state index contributed by atoms with van der Waals surface area (Å²) in [5.41, 5.74) is 5.90. The third kappa shape index (κ3) is 5.58. The third-order valence-corrected chi connectivity index (χ3v) is 8.34. The molecule has 1 aliphatic carbocycles. The summed E-state index contributed by atoms with van der Waals surface area (Å²) in [6.45, 7) is 8.03. The average Bonchev–Trinajstić information content (AvgIpc) is 3.31. The van der Waals surface area contributed by atoms with Crippen LogP contribution in [0.5, 0.6) is 0 Å². The molecule has 2 aromatic carbocycles. The zero-order chi connectivity index (χ0) is 25.2. The van der Waals surface area contributed by atoms with Gasteiger partial charge in [-0.05, 0) is 52.5 Å². The Morgan fingerprint density at radius 1 is 0.972 bits per heavy atom. The van der Waals surface area contributed by atoms with Crippen LogP contribution in [0.1, 0.15) is 100 Å². The molecule has 1 amide bonds. The molecule has 1 saturated heterocycles. The van der Waals surface area contributed by atoms with Crippen LogP contribution in [0, 0.1) is 0 Å². The monoisotopic (exact) mass is 484 g/mol. The van der Waals surface area contributed by atoms with Crippen molar-refractivity contribution in [2.45, 2.75) is 89.1 Å². The van der Waals surface area contributed by atoms with E-state index in [0.717, 1.165) is 36.5 Å². The molecule has 2 fully saturated rings. The number of carbonyl (C=O) groups excluding carboxylic acids is 1. The number of hydrogen-bond acceptors (Lipinski definition) is 3. The minimum Gasteiger partial charge on any atom is -0.388 e. The first-order valence-electron chi connectivity index (χ1n) is 13.7. The number of rotatable bonds is 4. The number of amides is 1. The van der Waals surface area contributed by atoms with Gasteiger partial charge in [-0.25, -0.2) is 0 Å². The van der Waals surface area contributed by atoms with Crippen LogP contribution in [-0.4, -0.2) is 35.2 Å². The van der Waals surface area contributed by atoms with Gasteiger partial charge in [0.2, 0.25) is 5.91 Å². The lowest BCUT2D eigenvalue weighted by atomic mass is 9.83. The fraction of sp³-hybridized carbons (Fsp3) is 0.500. The zero-order valence-corrected chi connectivity index (χ0v) is 22.1. The number of benzene rings is 2. The van der Waals surface area contributed by atoms with Crippen LogP contribution in [0.25, 0.3) is 6.08 Å². The molecule has 4 nitrogen and oxygen atoms in total. The van der Waals surface area contributed by atoms with E-state index in [4.69, 9.17) is 4.84 Å². The summed E-state index contributed by atoms with van der Waals surface area (Å²) in [7, 11) is 0. The molecule has 2 aliphatic heterocycles. The van der Waals surface area contributed by atoms with E-state index in [1.807, 2.05) is 11.0 Å². The highest BCUT2D eigenvalue weighted by Crippen LogP contribution is 2.37. The first-order valence-corrected chi connectivity index (χ1v) is 13.7. The number of hydrogen-bond donors (Lipinski definition) is 0. The predicted molar refractivity (Wildman–Crippen MR) is 147 cm³/mol. The van der Waals surface area contributed by atoms with E-state index >= 15 is 0 Å². The van der Waals surface area contributed by atoms with Crippen molar-refractivity contribution in [3.63, 3.8) is 0 Å². The van der Waals surface area contributed by atoms with Crippen LogP contribution in [0.15, 0.2) is 59.8 Å². The quantitative estimate of drug-likeness (QED) is 0.430. The van der Waals surface area contributed by atoms with Crippen molar-refractivity contribution >= 4 is 17.7 Å². The molecule has 3 aliphatic rings.